The van der Waals surface area contributed by atoms with Crippen molar-refractivity contribution in [2.45, 2.75) is 19.4 Å². The van der Waals surface area contributed by atoms with Crippen LogP contribution in [0.15, 0.2) is 102 Å². The van der Waals surface area contributed by atoms with E-state index in [0.717, 1.165) is 39.0 Å². The number of benzene rings is 4. The quantitative estimate of drug-likeness (QED) is 0.257. The molecule has 176 valence electrons. The van der Waals surface area contributed by atoms with Crippen LogP contribution in [0.1, 0.15) is 29.2 Å². The van der Waals surface area contributed by atoms with Crippen LogP contribution >= 0.6 is 11.6 Å². The molecular weight excluding hydrogens is 471 g/mol. The molecule has 0 radical (unpaired) electrons. The zero-order valence-electron chi connectivity index (χ0n) is 19.6. The Balaban J connectivity index is 1.56. The van der Waals surface area contributed by atoms with E-state index in [9.17, 15) is 0 Å². The number of nitrogens with zero attached hydrogens (tertiary/aromatic N) is 4. The molecule has 1 atom stereocenters. The molecule has 1 aromatic heterocycles. The molecule has 1 aliphatic rings. The Labute approximate surface area is 213 Å². The highest BCUT2D eigenvalue weighted by molar-refractivity contribution is 6.31. The fourth-order valence-corrected chi connectivity index (χ4v) is 4.86. The van der Waals surface area contributed by atoms with Gasteiger partial charge in [0.1, 0.15) is 5.82 Å². The largest absolute Gasteiger partial charge is 0.247 e. The minimum Gasteiger partial charge on any atom is -0.223 e. The van der Waals surface area contributed by atoms with Crippen molar-refractivity contribution in [1.82, 2.24) is 9.97 Å². The van der Waals surface area contributed by atoms with Crippen molar-refractivity contribution in [3.8, 4) is 11.3 Å². The molecule has 36 heavy (non-hydrogen) atoms. The van der Waals surface area contributed by atoms with Gasteiger partial charge in [-0.1, -0.05) is 90.0 Å². The molecule has 0 amide bonds. The fraction of sp³-hybridized carbons (Fsp3) is 0.100. The van der Waals surface area contributed by atoms with E-state index in [2.05, 4.69) is 19.1 Å². The van der Waals surface area contributed by atoms with Gasteiger partial charge in [-0.15, -0.1) is 0 Å². The molecule has 2 heterocycles. The Kier molecular flexibility index (Phi) is 5.70. The van der Waals surface area contributed by atoms with Gasteiger partial charge in [-0.3, -0.25) is 0 Å². The monoisotopic (exact) mass is 492 g/mol. The Bertz CT molecular complexity index is 1620. The third kappa shape index (κ3) is 4.12. The lowest BCUT2D eigenvalue weighted by Gasteiger charge is -2.23. The van der Waals surface area contributed by atoms with Gasteiger partial charge in [0.2, 0.25) is 5.95 Å². The maximum Gasteiger partial charge on any atom is 0.247 e. The lowest BCUT2D eigenvalue weighted by molar-refractivity contribution is 0.576. The van der Waals surface area contributed by atoms with Gasteiger partial charge in [-0.05, 0) is 36.8 Å². The first-order valence-electron chi connectivity index (χ1n) is 11.8. The van der Waals surface area contributed by atoms with E-state index < -0.39 is 0 Å². The summed E-state index contributed by atoms with van der Waals surface area (Å²) in [5.41, 5.74) is 6.02. The lowest BCUT2D eigenvalue weighted by Crippen LogP contribution is -2.22. The minimum absolute atomic E-state index is 0.274. The highest BCUT2D eigenvalue weighted by Gasteiger charge is 2.33. The molecule has 0 bridgehead atoms. The number of hydrogen-bond acceptors (Lipinski definition) is 4. The molecule has 0 saturated heterocycles. The molecule has 5 aromatic rings. The average Bonchev–Trinajstić information content (AvgIpc) is 3.34. The first-order valence-corrected chi connectivity index (χ1v) is 12.2. The molecule has 0 saturated carbocycles. The SMILES string of the molecule is Cc1cccc(C2=NN(c3nc(-c4ccccc4)c4cc(Cl)ccc4n3)[C@@H](c3ccccc3F)C2)c1. The summed E-state index contributed by atoms with van der Waals surface area (Å²) in [5, 5.41) is 8.18. The number of halogens is 2. The molecule has 4 aromatic carbocycles. The summed E-state index contributed by atoms with van der Waals surface area (Å²) in [7, 11) is 0. The van der Waals surface area contributed by atoms with Gasteiger partial charge in [0.05, 0.1) is 23.0 Å². The van der Waals surface area contributed by atoms with Gasteiger partial charge in [-0.25, -0.2) is 19.4 Å². The van der Waals surface area contributed by atoms with Crippen LogP contribution in [0.3, 0.4) is 0 Å². The minimum atomic E-state index is -0.380. The number of aromatic nitrogens is 2. The van der Waals surface area contributed by atoms with Crippen LogP contribution in [0.25, 0.3) is 22.2 Å². The second-order valence-corrected chi connectivity index (χ2v) is 9.34. The number of rotatable bonds is 4. The van der Waals surface area contributed by atoms with Gasteiger partial charge in [0, 0.05) is 28.0 Å². The van der Waals surface area contributed by atoms with Gasteiger partial charge in [0.15, 0.2) is 0 Å². The summed E-state index contributed by atoms with van der Waals surface area (Å²) in [5.74, 6) is 0.142. The molecule has 6 heteroatoms. The summed E-state index contributed by atoms with van der Waals surface area (Å²) in [6.45, 7) is 2.05. The van der Waals surface area contributed by atoms with E-state index in [-0.39, 0.29) is 11.9 Å². The Hall–Kier alpha value is -4.09. The van der Waals surface area contributed by atoms with Crippen LogP contribution in [-0.2, 0) is 0 Å². The van der Waals surface area contributed by atoms with Crippen LogP contribution < -0.4 is 5.01 Å². The molecule has 0 unspecified atom stereocenters. The van der Waals surface area contributed by atoms with Crippen LogP contribution in [0, 0.1) is 12.7 Å². The summed E-state index contributed by atoms with van der Waals surface area (Å²) >= 11 is 6.34. The van der Waals surface area contributed by atoms with Crippen molar-refractivity contribution in [2.24, 2.45) is 5.10 Å². The van der Waals surface area contributed by atoms with Gasteiger partial charge in [-0.2, -0.15) is 5.10 Å². The summed E-state index contributed by atoms with van der Waals surface area (Å²) < 4.78 is 15.0. The zero-order valence-corrected chi connectivity index (χ0v) is 20.3. The van der Waals surface area contributed by atoms with E-state index in [1.807, 2.05) is 66.7 Å². The van der Waals surface area contributed by atoms with E-state index in [4.69, 9.17) is 26.7 Å². The number of fused-ring (bicyclic) bond motifs is 1. The lowest BCUT2D eigenvalue weighted by atomic mass is 9.97. The normalized spacial score (nSPS) is 15.4. The van der Waals surface area contributed by atoms with Gasteiger partial charge < -0.3 is 0 Å². The van der Waals surface area contributed by atoms with Crippen LogP contribution in [0.5, 0.6) is 0 Å². The highest BCUT2D eigenvalue weighted by atomic mass is 35.5. The van der Waals surface area contributed by atoms with Crippen molar-refractivity contribution in [2.75, 3.05) is 5.01 Å². The Morgan fingerprint density at radius 3 is 2.42 bits per heavy atom. The maximum absolute atomic E-state index is 15.0. The Morgan fingerprint density at radius 2 is 1.61 bits per heavy atom. The standard InChI is InChI=1S/C30H22ClFN4/c1-19-8-7-11-21(16-19)27-18-28(23-12-5-6-13-25(23)32)36(35-27)30-33-26-15-14-22(31)17-24(26)29(34-30)20-9-3-2-4-10-20/h2-17,28H,18H2,1H3/t28-/m1/s1. The molecule has 0 N–H and O–H groups in total. The molecule has 0 spiro atoms. The molecular formula is C30H22ClFN4. The van der Waals surface area contributed by atoms with Crippen molar-refractivity contribution in [3.63, 3.8) is 0 Å². The molecule has 1 aliphatic heterocycles. The molecule has 0 aliphatic carbocycles. The summed E-state index contributed by atoms with van der Waals surface area (Å²) in [6, 6.07) is 30.1. The van der Waals surface area contributed by atoms with E-state index in [0.29, 0.717) is 23.0 Å². The van der Waals surface area contributed by atoms with Crippen LogP contribution in [0.2, 0.25) is 5.02 Å². The smallest absolute Gasteiger partial charge is 0.223 e. The van der Waals surface area contributed by atoms with Gasteiger partial charge in [0.25, 0.3) is 0 Å². The number of anilines is 1. The molecule has 0 fully saturated rings. The predicted molar refractivity (Wildman–Crippen MR) is 144 cm³/mol. The summed E-state index contributed by atoms with van der Waals surface area (Å²) in [6.07, 6.45) is 0.535. The van der Waals surface area contributed by atoms with Crippen molar-refractivity contribution < 1.29 is 4.39 Å². The number of hydrogen-bond donors (Lipinski definition) is 0. The fourth-order valence-electron chi connectivity index (χ4n) is 4.69. The number of hydrazone groups is 1. The molecule has 4 nitrogen and oxygen atoms in total. The van der Waals surface area contributed by atoms with Crippen molar-refractivity contribution in [3.05, 3.63) is 125 Å². The topological polar surface area (TPSA) is 41.4 Å². The highest BCUT2D eigenvalue weighted by Crippen LogP contribution is 2.38. The van der Waals surface area contributed by atoms with Crippen LogP contribution in [-0.4, -0.2) is 15.7 Å². The Morgan fingerprint density at radius 1 is 0.833 bits per heavy atom. The maximum atomic E-state index is 15.0. The number of aryl methyl sites for hydroxylation is 1. The van der Waals surface area contributed by atoms with Crippen LogP contribution in [0.4, 0.5) is 10.3 Å². The first-order chi connectivity index (χ1) is 17.6. The van der Waals surface area contributed by atoms with Crippen molar-refractivity contribution in [1.29, 1.82) is 0 Å². The van der Waals surface area contributed by atoms with E-state index in [1.165, 1.54) is 6.07 Å². The first kappa shape index (κ1) is 22.4. The summed E-state index contributed by atoms with van der Waals surface area (Å²) in [4.78, 5) is 9.83. The third-order valence-electron chi connectivity index (χ3n) is 6.42. The molecule has 6 rings (SSSR count). The van der Waals surface area contributed by atoms with Gasteiger partial charge >= 0.3 is 0 Å². The second kappa shape index (κ2) is 9.17. The average molecular weight is 493 g/mol. The van der Waals surface area contributed by atoms with E-state index in [1.54, 1.807) is 17.1 Å². The second-order valence-electron chi connectivity index (χ2n) is 8.90. The predicted octanol–water partition coefficient (Wildman–Crippen LogP) is 7.75. The van der Waals surface area contributed by atoms with E-state index >= 15 is 4.39 Å². The van der Waals surface area contributed by atoms with Crippen molar-refractivity contribution >= 4 is 34.2 Å². The third-order valence-corrected chi connectivity index (χ3v) is 6.66. The zero-order chi connectivity index (χ0) is 24.6.